The minimum absolute atomic E-state index is 0.0655. The maximum absolute atomic E-state index is 12.7. The van der Waals surface area contributed by atoms with Crippen molar-refractivity contribution in [2.24, 2.45) is 0 Å². The highest BCUT2D eigenvalue weighted by Crippen LogP contribution is 2.44. The highest BCUT2D eigenvalue weighted by atomic mass is 16.6. The predicted octanol–water partition coefficient (Wildman–Crippen LogP) is 4.38. The summed E-state index contributed by atoms with van der Waals surface area (Å²) in [6, 6.07) is 14.2. The Hall–Kier alpha value is -2.73. The van der Waals surface area contributed by atoms with Gasteiger partial charge in [-0.05, 0) is 62.4 Å². The van der Waals surface area contributed by atoms with Crippen molar-refractivity contribution in [2.75, 3.05) is 20.2 Å². The predicted molar refractivity (Wildman–Crippen MR) is 120 cm³/mol. The summed E-state index contributed by atoms with van der Waals surface area (Å²) in [7, 11) is 1.57. The van der Waals surface area contributed by atoms with E-state index in [1.54, 1.807) is 7.11 Å². The molecule has 4 rings (SSSR count). The molecule has 166 valence electrons. The second-order valence-corrected chi connectivity index (χ2v) is 9.49. The van der Waals surface area contributed by atoms with Crippen molar-refractivity contribution < 1.29 is 19.4 Å². The SMILES string of the molecule is COc1cc2c(cc1O)CCN1CC(c3ccccc3)C(NC(=O)OC(C)(C)C)CC21. The normalized spacial score (nSPS) is 23.4. The molecule has 0 bridgehead atoms. The number of rotatable bonds is 3. The van der Waals surface area contributed by atoms with Crippen molar-refractivity contribution in [3.63, 3.8) is 0 Å². The summed E-state index contributed by atoms with van der Waals surface area (Å²) in [5.74, 6) is 0.837. The van der Waals surface area contributed by atoms with Crippen LogP contribution in [0.2, 0.25) is 0 Å². The number of alkyl carbamates (subject to hydrolysis) is 1. The van der Waals surface area contributed by atoms with E-state index in [0.29, 0.717) is 5.75 Å². The zero-order chi connectivity index (χ0) is 22.2. The van der Waals surface area contributed by atoms with E-state index in [1.165, 1.54) is 11.1 Å². The molecule has 2 aromatic rings. The van der Waals surface area contributed by atoms with Gasteiger partial charge in [0.25, 0.3) is 0 Å². The van der Waals surface area contributed by atoms with Crippen molar-refractivity contribution in [3.05, 3.63) is 59.2 Å². The lowest BCUT2D eigenvalue weighted by molar-refractivity contribution is 0.0413. The summed E-state index contributed by atoms with van der Waals surface area (Å²) in [5, 5.41) is 13.4. The first-order valence-corrected chi connectivity index (χ1v) is 10.9. The van der Waals surface area contributed by atoms with Gasteiger partial charge in [-0.15, -0.1) is 0 Å². The zero-order valence-electron chi connectivity index (χ0n) is 18.7. The molecule has 6 nitrogen and oxygen atoms in total. The molecule has 0 radical (unpaired) electrons. The quantitative estimate of drug-likeness (QED) is 0.765. The smallest absolute Gasteiger partial charge is 0.407 e. The van der Waals surface area contributed by atoms with Crippen molar-refractivity contribution in [1.82, 2.24) is 10.2 Å². The van der Waals surface area contributed by atoms with Gasteiger partial charge in [0.15, 0.2) is 11.5 Å². The second kappa shape index (κ2) is 8.42. The number of hydrogen-bond acceptors (Lipinski definition) is 5. The minimum atomic E-state index is -0.546. The molecule has 6 heteroatoms. The Bertz CT molecular complexity index is 939. The number of nitrogens with zero attached hydrogens (tertiary/aromatic N) is 1. The molecule has 2 aromatic carbocycles. The Morgan fingerprint density at radius 1 is 1.19 bits per heavy atom. The number of methoxy groups -OCH3 is 1. The van der Waals surface area contributed by atoms with Crippen LogP contribution >= 0.6 is 0 Å². The summed E-state index contributed by atoms with van der Waals surface area (Å²) in [6.45, 7) is 7.39. The van der Waals surface area contributed by atoms with E-state index in [2.05, 4.69) is 22.3 Å². The first kappa shape index (κ1) is 21.5. The van der Waals surface area contributed by atoms with E-state index in [0.717, 1.165) is 31.5 Å². The Morgan fingerprint density at radius 3 is 2.61 bits per heavy atom. The summed E-state index contributed by atoms with van der Waals surface area (Å²) in [6.07, 6.45) is 1.26. The van der Waals surface area contributed by atoms with Crippen LogP contribution in [0, 0.1) is 0 Å². The van der Waals surface area contributed by atoms with Gasteiger partial charge >= 0.3 is 6.09 Å². The van der Waals surface area contributed by atoms with Crippen LogP contribution in [-0.4, -0.2) is 47.9 Å². The number of phenols is 1. The van der Waals surface area contributed by atoms with Crippen LogP contribution in [-0.2, 0) is 11.2 Å². The van der Waals surface area contributed by atoms with Crippen molar-refractivity contribution in [3.8, 4) is 11.5 Å². The Morgan fingerprint density at radius 2 is 1.94 bits per heavy atom. The van der Waals surface area contributed by atoms with Gasteiger partial charge in [-0.25, -0.2) is 4.79 Å². The van der Waals surface area contributed by atoms with Crippen LogP contribution < -0.4 is 10.1 Å². The maximum Gasteiger partial charge on any atom is 0.407 e. The third-order valence-electron chi connectivity index (χ3n) is 6.23. The number of aromatic hydroxyl groups is 1. The third-order valence-corrected chi connectivity index (χ3v) is 6.23. The lowest BCUT2D eigenvalue weighted by atomic mass is 9.78. The molecular formula is C25H32N2O4. The van der Waals surface area contributed by atoms with Crippen LogP contribution in [0.5, 0.6) is 11.5 Å². The molecule has 1 amide bonds. The van der Waals surface area contributed by atoms with Gasteiger partial charge in [0.2, 0.25) is 0 Å². The van der Waals surface area contributed by atoms with Crippen molar-refractivity contribution in [2.45, 2.75) is 57.2 Å². The molecule has 2 aliphatic rings. The standard InChI is InChI=1S/C25H32N2O4/c1-25(2,3)31-24(29)26-20-14-21-18-13-23(30-4)22(28)12-17(18)10-11-27(21)15-19(20)16-8-6-5-7-9-16/h5-9,12-13,19-21,28H,10-11,14-15H2,1-4H3,(H,26,29). The van der Waals surface area contributed by atoms with Crippen LogP contribution in [0.15, 0.2) is 42.5 Å². The molecule has 2 heterocycles. The first-order valence-electron chi connectivity index (χ1n) is 10.9. The van der Waals surface area contributed by atoms with Crippen molar-refractivity contribution >= 4 is 6.09 Å². The topological polar surface area (TPSA) is 71.0 Å². The van der Waals surface area contributed by atoms with Crippen LogP contribution in [0.1, 0.15) is 55.8 Å². The Labute approximate surface area is 184 Å². The van der Waals surface area contributed by atoms with Gasteiger partial charge in [0.1, 0.15) is 5.60 Å². The number of piperidine rings is 1. The van der Waals surface area contributed by atoms with E-state index in [-0.39, 0.29) is 29.8 Å². The molecule has 2 N–H and O–H groups in total. The zero-order valence-corrected chi connectivity index (χ0v) is 18.7. The molecule has 2 aliphatic heterocycles. The van der Waals surface area contributed by atoms with Gasteiger partial charge in [-0.2, -0.15) is 0 Å². The average Bonchev–Trinajstić information content (AvgIpc) is 2.72. The number of benzene rings is 2. The summed E-state index contributed by atoms with van der Waals surface area (Å²) < 4.78 is 10.9. The highest BCUT2D eigenvalue weighted by Gasteiger charge is 2.41. The van der Waals surface area contributed by atoms with Gasteiger partial charge in [0, 0.05) is 31.1 Å². The number of amides is 1. The molecular weight excluding hydrogens is 392 g/mol. The summed E-state index contributed by atoms with van der Waals surface area (Å²) >= 11 is 0. The molecule has 0 aliphatic carbocycles. The fourth-order valence-corrected chi connectivity index (χ4v) is 4.87. The lowest BCUT2D eigenvalue weighted by Gasteiger charge is -2.47. The number of carbonyl (C=O) groups is 1. The lowest BCUT2D eigenvalue weighted by Crippen LogP contribution is -2.53. The third kappa shape index (κ3) is 4.64. The van der Waals surface area contributed by atoms with Gasteiger partial charge in [0.05, 0.1) is 7.11 Å². The van der Waals surface area contributed by atoms with E-state index >= 15 is 0 Å². The molecule has 0 saturated carbocycles. The highest BCUT2D eigenvalue weighted by molar-refractivity contribution is 5.68. The minimum Gasteiger partial charge on any atom is -0.504 e. The molecule has 3 unspecified atom stereocenters. The fraction of sp³-hybridized carbons (Fsp3) is 0.480. The molecule has 31 heavy (non-hydrogen) atoms. The Kier molecular flexibility index (Phi) is 5.84. The van der Waals surface area contributed by atoms with E-state index in [1.807, 2.05) is 51.1 Å². The number of fused-ring (bicyclic) bond motifs is 3. The summed E-state index contributed by atoms with van der Waals surface area (Å²) in [4.78, 5) is 15.1. The summed E-state index contributed by atoms with van der Waals surface area (Å²) in [5.41, 5.74) is 2.99. The van der Waals surface area contributed by atoms with Gasteiger partial charge < -0.3 is 19.9 Å². The number of hydrogen-bond donors (Lipinski definition) is 2. The largest absolute Gasteiger partial charge is 0.504 e. The molecule has 3 atom stereocenters. The average molecular weight is 425 g/mol. The van der Waals surface area contributed by atoms with E-state index in [9.17, 15) is 9.90 Å². The molecule has 1 saturated heterocycles. The Balaban J connectivity index is 1.65. The van der Waals surface area contributed by atoms with E-state index < -0.39 is 5.60 Å². The molecule has 1 fully saturated rings. The van der Waals surface area contributed by atoms with Gasteiger partial charge in [-0.3, -0.25) is 4.90 Å². The molecule has 0 spiro atoms. The van der Waals surface area contributed by atoms with Crippen LogP contribution in [0.4, 0.5) is 4.79 Å². The second-order valence-electron chi connectivity index (χ2n) is 9.49. The maximum atomic E-state index is 12.7. The van der Waals surface area contributed by atoms with Crippen molar-refractivity contribution in [1.29, 1.82) is 0 Å². The van der Waals surface area contributed by atoms with Gasteiger partial charge in [-0.1, -0.05) is 30.3 Å². The number of ether oxygens (including phenoxy) is 2. The number of nitrogens with one attached hydrogen (secondary N) is 1. The van der Waals surface area contributed by atoms with Crippen LogP contribution in [0.3, 0.4) is 0 Å². The first-order chi connectivity index (χ1) is 14.7. The van der Waals surface area contributed by atoms with E-state index in [4.69, 9.17) is 9.47 Å². The van der Waals surface area contributed by atoms with Crippen LogP contribution in [0.25, 0.3) is 0 Å². The number of carbonyl (C=O) groups excluding carboxylic acids is 1. The number of phenolic OH excluding ortho intramolecular Hbond substituents is 1. The molecule has 0 aromatic heterocycles. The monoisotopic (exact) mass is 424 g/mol. The fourth-order valence-electron chi connectivity index (χ4n) is 4.87.